The largest absolute Gasteiger partial charge is 0.396 e. The van der Waals surface area contributed by atoms with Gasteiger partial charge in [-0.3, -0.25) is 9.78 Å². The molecule has 0 saturated heterocycles. The normalized spacial score (nSPS) is 10.8. The Morgan fingerprint density at radius 3 is 2.85 bits per heavy atom. The topological polar surface area (TPSA) is 85.9 Å². The van der Waals surface area contributed by atoms with Crippen LogP contribution in [0.1, 0.15) is 12.0 Å². The maximum atomic E-state index is 11.0. The van der Waals surface area contributed by atoms with Gasteiger partial charge in [-0.15, -0.1) is 0 Å². The van der Waals surface area contributed by atoms with E-state index in [2.05, 4.69) is 9.97 Å². The third kappa shape index (κ3) is 2.72. The second-order valence-electron chi connectivity index (χ2n) is 2.44. The highest BCUT2D eigenvalue weighted by Gasteiger charge is 1.93. The van der Waals surface area contributed by atoms with E-state index in [-0.39, 0.29) is 6.61 Å². The Balaban J connectivity index is 2.90. The highest BCUT2D eigenvalue weighted by atomic mass is 16.2. The SMILES string of the molecule is O=c1[nH]cc(C=CCCO)c(=O)[nH]1. The van der Waals surface area contributed by atoms with E-state index < -0.39 is 11.2 Å². The number of hydrogen-bond donors (Lipinski definition) is 3. The van der Waals surface area contributed by atoms with E-state index in [0.717, 1.165) is 0 Å². The van der Waals surface area contributed by atoms with Crippen LogP contribution in [0.3, 0.4) is 0 Å². The number of aliphatic hydroxyl groups is 1. The van der Waals surface area contributed by atoms with Gasteiger partial charge < -0.3 is 10.1 Å². The smallest absolute Gasteiger partial charge is 0.325 e. The van der Waals surface area contributed by atoms with Crippen molar-refractivity contribution in [3.05, 3.63) is 38.7 Å². The Bertz CT molecular complexity index is 402. The molecule has 0 aliphatic heterocycles. The van der Waals surface area contributed by atoms with E-state index in [1.165, 1.54) is 6.20 Å². The van der Waals surface area contributed by atoms with Crippen molar-refractivity contribution in [1.29, 1.82) is 0 Å². The van der Waals surface area contributed by atoms with Gasteiger partial charge in [0.15, 0.2) is 0 Å². The van der Waals surface area contributed by atoms with Gasteiger partial charge in [0.25, 0.3) is 5.56 Å². The summed E-state index contributed by atoms with van der Waals surface area (Å²) in [6, 6.07) is 0. The lowest BCUT2D eigenvalue weighted by Crippen LogP contribution is -2.22. The van der Waals surface area contributed by atoms with E-state index in [1.54, 1.807) is 12.2 Å². The number of aliphatic hydroxyl groups excluding tert-OH is 1. The molecule has 0 aliphatic carbocycles. The Labute approximate surface area is 73.8 Å². The molecule has 0 saturated carbocycles. The molecule has 1 heterocycles. The highest BCUT2D eigenvalue weighted by Crippen LogP contribution is 1.91. The molecule has 0 aliphatic rings. The van der Waals surface area contributed by atoms with Crippen molar-refractivity contribution in [2.75, 3.05) is 6.61 Å². The molecule has 13 heavy (non-hydrogen) atoms. The van der Waals surface area contributed by atoms with E-state index >= 15 is 0 Å². The van der Waals surface area contributed by atoms with Crippen LogP contribution in [-0.4, -0.2) is 21.7 Å². The third-order valence-electron chi connectivity index (χ3n) is 1.44. The van der Waals surface area contributed by atoms with Crippen LogP contribution >= 0.6 is 0 Å². The predicted octanol–water partition coefficient (Wildman–Crippen LogP) is -0.541. The standard InChI is InChI=1S/C8H10N2O3/c11-4-2-1-3-6-5-9-8(13)10-7(6)12/h1,3,5,11H,2,4H2,(H2,9,10,12,13). The molecule has 0 atom stereocenters. The van der Waals surface area contributed by atoms with Gasteiger partial charge in [-0.25, -0.2) is 4.79 Å². The molecular weight excluding hydrogens is 172 g/mol. The average Bonchev–Trinajstić information content (AvgIpc) is 2.09. The summed E-state index contributed by atoms with van der Waals surface area (Å²) in [5, 5.41) is 8.46. The molecule has 5 heteroatoms. The fraction of sp³-hybridized carbons (Fsp3) is 0.250. The molecule has 0 bridgehead atoms. The summed E-state index contributed by atoms with van der Waals surface area (Å²) < 4.78 is 0. The Hall–Kier alpha value is -1.62. The summed E-state index contributed by atoms with van der Waals surface area (Å²) in [7, 11) is 0. The van der Waals surface area contributed by atoms with Crippen LogP contribution in [-0.2, 0) is 0 Å². The van der Waals surface area contributed by atoms with Gasteiger partial charge in [0.05, 0.1) is 5.56 Å². The zero-order valence-electron chi connectivity index (χ0n) is 6.91. The van der Waals surface area contributed by atoms with Crippen LogP contribution < -0.4 is 11.2 Å². The summed E-state index contributed by atoms with van der Waals surface area (Å²) in [6.45, 7) is 0.0394. The van der Waals surface area contributed by atoms with Crippen LogP contribution in [0.2, 0.25) is 0 Å². The molecule has 0 fully saturated rings. The molecule has 0 amide bonds. The average molecular weight is 182 g/mol. The molecular formula is C8H10N2O3. The van der Waals surface area contributed by atoms with Crippen molar-refractivity contribution in [2.45, 2.75) is 6.42 Å². The molecule has 1 aromatic rings. The van der Waals surface area contributed by atoms with E-state index in [9.17, 15) is 9.59 Å². The maximum absolute atomic E-state index is 11.0. The molecule has 1 aromatic heterocycles. The van der Waals surface area contributed by atoms with E-state index in [4.69, 9.17) is 5.11 Å². The molecule has 0 unspecified atom stereocenters. The monoisotopic (exact) mass is 182 g/mol. The highest BCUT2D eigenvalue weighted by molar-refractivity contribution is 5.45. The molecule has 0 spiro atoms. The van der Waals surface area contributed by atoms with Crippen molar-refractivity contribution >= 4 is 6.08 Å². The number of nitrogens with one attached hydrogen (secondary N) is 2. The summed E-state index contributed by atoms with van der Waals surface area (Å²) in [5.74, 6) is 0. The van der Waals surface area contributed by atoms with Gasteiger partial charge in [-0.2, -0.15) is 0 Å². The number of aromatic amines is 2. The van der Waals surface area contributed by atoms with Crippen LogP contribution in [0.5, 0.6) is 0 Å². The lowest BCUT2D eigenvalue weighted by atomic mass is 10.3. The molecule has 3 N–H and O–H groups in total. The van der Waals surface area contributed by atoms with Crippen molar-refractivity contribution in [3.8, 4) is 0 Å². The number of H-pyrrole nitrogens is 2. The summed E-state index contributed by atoms with van der Waals surface area (Å²) in [4.78, 5) is 26.1. The van der Waals surface area contributed by atoms with Crippen LogP contribution in [0.15, 0.2) is 21.9 Å². The van der Waals surface area contributed by atoms with Crippen molar-refractivity contribution < 1.29 is 5.11 Å². The van der Waals surface area contributed by atoms with Gasteiger partial charge >= 0.3 is 5.69 Å². The fourth-order valence-corrected chi connectivity index (χ4v) is 0.829. The summed E-state index contributed by atoms with van der Waals surface area (Å²) >= 11 is 0. The first kappa shape index (κ1) is 9.47. The first-order valence-electron chi connectivity index (χ1n) is 3.83. The fourth-order valence-electron chi connectivity index (χ4n) is 0.829. The van der Waals surface area contributed by atoms with Gasteiger partial charge in [-0.05, 0) is 6.42 Å². The molecule has 70 valence electrons. The lowest BCUT2D eigenvalue weighted by Gasteiger charge is -1.89. The Morgan fingerprint density at radius 1 is 1.46 bits per heavy atom. The number of aromatic nitrogens is 2. The predicted molar refractivity (Wildman–Crippen MR) is 48.4 cm³/mol. The van der Waals surface area contributed by atoms with Crippen LogP contribution in [0.25, 0.3) is 6.08 Å². The molecule has 5 nitrogen and oxygen atoms in total. The Kier molecular flexibility index (Phi) is 3.22. The van der Waals surface area contributed by atoms with Gasteiger partial charge in [0, 0.05) is 12.8 Å². The van der Waals surface area contributed by atoms with Gasteiger partial charge in [0.2, 0.25) is 0 Å². The number of hydrogen-bond acceptors (Lipinski definition) is 3. The second kappa shape index (κ2) is 4.42. The van der Waals surface area contributed by atoms with Crippen LogP contribution in [0, 0.1) is 0 Å². The molecule has 1 rings (SSSR count). The first-order chi connectivity index (χ1) is 6.24. The zero-order valence-corrected chi connectivity index (χ0v) is 6.91. The third-order valence-corrected chi connectivity index (χ3v) is 1.44. The summed E-state index contributed by atoms with van der Waals surface area (Å²) in [5.41, 5.74) is -0.588. The lowest BCUT2D eigenvalue weighted by molar-refractivity contribution is 0.303. The van der Waals surface area contributed by atoms with E-state index in [0.29, 0.717) is 12.0 Å². The van der Waals surface area contributed by atoms with E-state index in [1.807, 2.05) is 0 Å². The minimum atomic E-state index is -0.524. The quantitative estimate of drug-likeness (QED) is 0.586. The van der Waals surface area contributed by atoms with Gasteiger partial charge in [0.1, 0.15) is 0 Å². The number of rotatable bonds is 3. The minimum absolute atomic E-state index is 0.0394. The van der Waals surface area contributed by atoms with Crippen LogP contribution in [0.4, 0.5) is 0 Å². The molecule has 0 aromatic carbocycles. The van der Waals surface area contributed by atoms with Crippen molar-refractivity contribution in [1.82, 2.24) is 9.97 Å². The second-order valence-corrected chi connectivity index (χ2v) is 2.44. The maximum Gasteiger partial charge on any atom is 0.325 e. The van der Waals surface area contributed by atoms with Crippen molar-refractivity contribution in [3.63, 3.8) is 0 Å². The zero-order chi connectivity index (χ0) is 9.68. The first-order valence-corrected chi connectivity index (χ1v) is 3.83. The Morgan fingerprint density at radius 2 is 2.23 bits per heavy atom. The molecule has 0 radical (unpaired) electrons. The summed E-state index contributed by atoms with van der Waals surface area (Å²) in [6.07, 6.45) is 5.02. The van der Waals surface area contributed by atoms with Crippen molar-refractivity contribution in [2.24, 2.45) is 0 Å². The van der Waals surface area contributed by atoms with Gasteiger partial charge in [-0.1, -0.05) is 12.2 Å². The minimum Gasteiger partial charge on any atom is -0.396 e.